The van der Waals surface area contributed by atoms with Crippen LogP contribution in [0.15, 0.2) is 22.9 Å². The van der Waals surface area contributed by atoms with Crippen molar-refractivity contribution in [3.05, 3.63) is 32.2 Å². The zero-order valence-corrected chi connectivity index (χ0v) is 15.2. The summed E-state index contributed by atoms with van der Waals surface area (Å²) in [6.45, 7) is 5.16. The van der Waals surface area contributed by atoms with E-state index in [-0.39, 0.29) is 0 Å². The smallest absolute Gasteiger partial charge is 0.163 e. The molecule has 0 saturated heterocycles. The van der Waals surface area contributed by atoms with E-state index in [9.17, 15) is 0 Å². The fourth-order valence-corrected chi connectivity index (χ4v) is 2.93. The summed E-state index contributed by atoms with van der Waals surface area (Å²) < 4.78 is 2.03. The Balaban J connectivity index is 2.48. The van der Waals surface area contributed by atoms with Crippen molar-refractivity contribution in [1.82, 2.24) is 15.0 Å². The second-order valence-electron chi connectivity index (χ2n) is 4.33. The second kappa shape index (κ2) is 7.31. The molecule has 0 spiro atoms. The SMILES string of the molecule is CCCNc1nc(-c2cncc(Br)c2)nc(CC)c1I. The fourth-order valence-electron chi connectivity index (χ4n) is 1.75. The molecule has 0 aromatic carbocycles. The van der Waals surface area contributed by atoms with Crippen LogP contribution in [0.5, 0.6) is 0 Å². The molecule has 2 aromatic rings. The number of hydrogen-bond acceptors (Lipinski definition) is 4. The lowest BCUT2D eigenvalue weighted by Crippen LogP contribution is -2.09. The molecular weight excluding hydrogens is 431 g/mol. The minimum atomic E-state index is 0.717. The van der Waals surface area contributed by atoms with Gasteiger partial charge in [-0.2, -0.15) is 0 Å². The maximum atomic E-state index is 4.65. The number of aryl methyl sites for hydroxylation is 1. The average molecular weight is 447 g/mol. The van der Waals surface area contributed by atoms with Crippen LogP contribution in [0.1, 0.15) is 26.0 Å². The van der Waals surface area contributed by atoms with Gasteiger partial charge < -0.3 is 5.32 Å². The maximum absolute atomic E-state index is 4.65. The number of anilines is 1. The van der Waals surface area contributed by atoms with Crippen LogP contribution in [0.2, 0.25) is 0 Å². The van der Waals surface area contributed by atoms with E-state index < -0.39 is 0 Å². The van der Waals surface area contributed by atoms with E-state index in [2.05, 4.69) is 72.6 Å². The molecule has 1 N–H and O–H groups in total. The third-order valence-electron chi connectivity index (χ3n) is 2.76. The monoisotopic (exact) mass is 446 g/mol. The Morgan fingerprint density at radius 2 is 2.05 bits per heavy atom. The number of nitrogens with zero attached hydrogens (tertiary/aromatic N) is 3. The molecule has 2 heterocycles. The predicted octanol–water partition coefficient (Wildman–Crippen LogP) is 4.29. The standard InChI is InChI=1S/C14H16BrIN4/c1-3-5-18-14-12(16)11(4-2)19-13(20-14)9-6-10(15)8-17-7-9/h6-8H,3-5H2,1-2H3,(H,18,19,20). The zero-order chi connectivity index (χ0) is 14.5. The van der Waals surface area contributed by atoms with Crippen LogP contribution in [0.25, 0.3) is 11.4 Å². The van der Waals surface area contributed by atoms with Gasteiger partial charge in [-0.1, -0.05) is 13.8 Å². The Labute approximate surface area is 141 Å². The van der Waals surface area contributed by atoms with Gasteiger partial charge in [0.15, 0.2) is 5.82 Å². The summed E-state index contributed by atoms with van der Waals surface area (Å²) in [6, 6.07) is 1.98. The lowest BCUT2D eigenvalue weighted by Gasteiger charge is -2.12. The highest BCUT2D eigenvalue weighted by atomic mass is 127. The summed E-state index contributed by atoms with van der Waals surface area (Å²) >= 11 is 5.75. The van der Waals surface area contributed by atoms with Crippen molar-refractivity contribution >= 4 is 44.3 Å². The largest absolute Gasteiger partial charge is 0.369 e. The Bertz CT molecular complexity index is 604. The molecule has 0 unspecified atom stereocenters. The summed E-state index contributed by atoms with van der Waals surface area (Å²) in [5, 5.41) is 3.37. The van der Waals surface area contributed by atoms with Crippen LogP contribution >= 0.6 is 38.5 Å². The summed E-state index contributed by atoms with van der Waals surface area (Å²) in [5.41, 5.74) is 1.99. The Morgan fingerprint density at radius 1 is 1.25 bits per heavy atom. The van der Waals surface area contributed by atoms with Gasteiger partial charge in [-0.3, -0.25) is 4.98 Å². The lowest BCUT2D eigenvalue weighted by molar-refractivity contribution is 0.942. The molecule has 0 fully saturated rings. The molecule has 2 rings (SSSR count). The molecule has 0 saturated carbocycles. The number of pyridine rings is 1. The molecule has 0 aliphatic rings. The van der Waals surface area contributed by atoms with Crippen LogP contribution in [0, 0.1) is 3.57 Å². The van der Waals surface area contributed by atoms with Crippen LogP contribution < -0.4 is 5.32 Å². The minimum Gasteiger partial charge on any atom is -0.369 e. The third-order valence-corrected chi connectivity index (χ3v) is 4.33. The van der Waals surface area contributed by atoms with Crippen molar-refractivity contribution in [1.29, 1.82) is 0 Å². The first-order valence-corrected chi connectivity index (χ1v) is 8.44. The van der Waals surface area contributed by atoms with Crippen molar-refractivity contribution in [3.63, 3.8) is 0 Å². The highest BCUT2D eigenvalue weighted by Gasteiger charge is 2.12. The van der Waals surface area contributed by atoms with Gasteiger partial charge in [0.25, 0.3) is 0 Å². The number of hydrogen-bond donors (Lipinski definition) is 1. The van der Waals surface area contributed by atoms with Crippen molar-refractivity contribution in [2.75, 3.05) is 11.9 Å². The normalized spacial score (nSPS) is 10.6. The summed E-state index contributed by atoms with van der Waals surface area (Å²) in [4.78, 5) is 13.5. The number of aromatic nitrogens is 3. The van der Waals surface area contributed by atoms with Crippen molar-refractivity contribution in [3.8, 4) is 11.4 Å². The first kappa shape index (κ1) is 15.6. The summed E-state index contributed by atoms with van der Waals surface area (Å²) in [7, 11) is 0. The molecule has 2 aromatic heterocycles. The van der Waals surface area contributed by atoms with E-state index in [0.717, 1.165) is 50.3 Å². The van der Waals surface area contributed by atoms with Gasteiger partial charge >= 0.3 is 0 Å². The van der Waals surface area contributed by atoms with E-state index in [1.807, 2.05) is 6.07 Å². The van der Waals surface area contributed by atoms with E-state index >= 15 is 0 Å². The Hall–Kier alpha value is -0.760. The topological polar surface area (TPSA) is 50.7 Å². The first-order valence-electron chi connectivity index (χ1n) is 6.56. The van der Waals surface area contributed by atoms with Crippen molar-refractivity contribution in [2.24, 2.45) is 0 Å². The molecule has 4 nitrogen and oxygen atoms in total. The second-order valence-corrected chi connectivity index (χ2v) is 6.32. The van der Waals surface area contributed by atoms with Crippen LogP contribution in [-0.2, 0) is 6.42 Å². The molecule has 6 heteroatoms. The van der Waals surface area contributed by atoms with Crippen LogP contribution in [0.4, 0.5) is 5.82 Å². The lowest BCUT2D eigenvalue weighted by atomic mass is 10.2. The predicted molar refractivity (Wildman–Crippen MR) is 93.8 cm³/mol. The maximum Gasteiger partial charge on any atom is 0.163 e. The van der Waals surface area contributed by atoms with Gasteiger partial charge in [-0.05, 0) is 57.4 Å². The van der Waals surface area contributed by atoms with Gasteiger partial charge in [-0.15, -0.1) is 0 Å². The molecule has 20 heavy (non-hydrogen) atoms. The van der Waals surface area contributed by atoms with E-state index in [1.54, 1.807) is 12.4 Å². The van der Waals surface area contributed by atoms with E-state index in [0.29, 0.717) is 0 Å². The molecule has 106 valence electrons. The van der Waals surface area contributed by atoms with Gasteiger partial charge in [0.2, 0.25) is 0 Å². The Morgan fingerprint density at radius 3 is 2.70 bits per heavy atom. The van der Waals surface area contributed by atoms with Gasteiger partial charge in [0, 0.05) is 29.0 Å². The van der Waals surface area contributed by atoms with E-state index in [1.165, 1.54) is 0 Å². The van der Waals surface area contributed by atoms with Gasteiger partial charge in [-0.25, -0.2) is 9.97 Å². The molecule has 0 aliphatic heterocycles. The molecule has 0 radical (unpaired) electrons. The fraction of sp³-hybridized carbons (Fsp3) is 0.357. The van der Waals surface area contributed by atoms with Crippen LogP contribution in [0.3, 0.4) is 0 Å². The highest BCUT2D eigenvalue weighted by Crippen LogP contribution is 2.25. The third kappa shape index (κ3) is 3.66. The molecular formula is C14H16BrIN4. The number of nitrogens with one attached hydrogen (secondary N) is 1. The molecule has 0 aliphatic carbocycles. The van der Waals surface area contributed by atoms with Crippen LogP contribution in [-0.4, -0.2) is 21.5 Å². The first-order chi connectivity index (χ1) is 9.65. The van der Waals surface area contributed by atoms with Crippen molar-refractivity contribution in [2.45, 2.75) is 26.7 Å². The number of halogens is 2. The minimum absolute atomic E-state index is 0.717. The average Bonchev–Trinajstić information content (AvgIpc) is 2.46. The van der Waals surface area contributed by atoms with Gasteiger partial charge in [0.05, 0.1) is 9.26 Å². The molecule has 0 atom stereocenters. The summed E-state index contributed by atoms with van der Waals surface area (Å²) in [5.74, 6) is 1.63. The molecule has 0 amide bonds. The van der Waals surface area contributed by atoms with Gasteiger partial charge in [0.1, 0.15) is 5.82 Å². The number of rotatable bonds is 5. The van der Waals surface area contributed by atoms with E-state index in [4.69, 9.17) is 0 Å². The highest BCUT2D eigenvalue weighted by molar-refractivity contribution is 14.1. The zero-order valence-electron chi connectivity index (χ0n) is 11.5. The Kier molecular flexibility index (Phi) is 5.71. The molecule has 0 bridgehead atoms. The van der Waals surface area contributed by atoms with Crippen molar-refractivity contribution < 1.29 is 0 Å². The summed E-state index contributed by atoms with van der Waals surface area (Å²) in [6.07, 6.45) is 5.49. The quantitative estimate of drug-likeness (QED) is 0.696.